The molecule has 19 heavy (non-hydrogen) atoms. The van der Waals surface area contributed by atoms with Crippen LogP contribution in [0.5, 0.6) is 0 Å². The van der Waals surface area contributed by atoms with E-state index in [1.54, 1.807) is 12.1 Å². The quantitative estimate of drug-likeness (QED) is 0.767. The van der Waals surface area contributed by atoms with E-state index in [1.807, 2.05) is 4.90 Å². The van der Waals surface area contributed by atoms with Crippen molar-refractivity contribution in [1.29, 1.82) is 0 Å². The monoisotopic (exact) mass is 298 g/mol. The van der Waals surface area contributed by atoms with Crippen LogP contribution in [0.3, 0.4) is 0 Å². The van der Waals surface area contributed by atoms with Gasteiger partial charge in [-0.05, 0) is 12.1 Å². The van der Waals surface area contributed by atoms with E-state index in [0.29, 0.717) is 35.1 Å². The maximum atomic E-state index is 11.4. The second-order valence-electron chi connectivity index (χ2n) is 4.56. The second-order valence-corrected chi connectivity index (χ2v) is 7.27. The molecule has 2 aromatic rings. The number of rotatable bonds is 2. The van der Waals surface area contributed by atoms with E-state index in [-0.39, 0.29) is 5.25 Å². The summed E-state index contributed by atoms with van der Waals surface area (Å²) in [4.78, 5) is 14.4. The molecular formula is C11H11ClN4O2S. The fraction of sp³-hybridized carbons (Fsp3) is 0.364. The Bertz CT molecular complexity index is 743. The van der Waals surface area contributed by atoms with Crippen molar-refractivity contribution in [3.63, 3.8) is 0 Å². The molecule has 3 rings (SSSR count). The van der Waals surface area contributed by atoms with E-state index >= 15 is 0 Å². The number of hydrogen-bond acceptors (Lipinski definition) is 6. The second kappa shape index (κ2) is 4.28. The van der Waals surface area contributed by atoms with Gasteiger partial charge in [0.1, 0.15) is 17.0 Å². The molecule has 2 aromatic heterocycles. The van der Waals surface area contributed by atoms with Crippen molar-refractivity contribution in [2.75, 3.05) is 24.2 Å². The first-order chi connectivity index (χ1) is 8.95. The summed E-state index contributed by atoms with van der Waals surface area (Å²) in [6, 6.07) is 3.43. The number of pyridine rings is 1. The lowest BCUT2D eigenvalue weighted by Gasteiger charge is -2.38. The van der Waals surface area contributed by atoms with Crippen LogP contribution in [0.25, 0.3) is 11.0 Å². The van der Waals surface area contributed by atoms with Crippen molar-refractivity contribution in [2.45, 2.75) is 5.25 Å². The third kappa shape index (κ3) is 2.23. The van der Waals surface area contributed by atoms with Crippen molar-refractivity contribution in [2.24, 2.45) is 0 Å². The van der Waals surface area contributed by atoms with Crippen molar-refractivity contribution < 1.29 is 8.42 Å². The Kier molecular flexibility index (Phi) is 2.83. The summed E-state index contributed by atoms with van der Waals surface area (Å²) in [5, 5.41) is 0.0282. The van der Waals surface area contributed by atoms with Gasteiger partial charge in [0.25, 0.3) is 0 Å². The maximum Gasteiger partial charge on any atom is 0.158 e. The molecule has 0 aromatic carbocycles. The van der Waals surface area contributed by atoms with Gasteiger partial charge < -0.3 is 4.90 Å². The number of fused-ring (bicyclic) bond motifs is 1. The summed E-state index contributed by atoms with van der Waals surface area (Å²) in [5.41, 5.74) is 1.29. The van der Waals surface area contributed by atoms with Crippen LogP contribution in [-0.4, -0.2) is 48.0 Å². The first-order valence-corrected chi connectivity index (χ1v) is 7.99. The van der Waals surface area contributed by atoms with Crippen LogP contribution >= 0.6 is 11.6 Å². The van der Waals surface area contributed by atoms with Crippen molar-refractivity contribution in [3.05, 3.63) is 23.6 Å². The van der Waals surface area contributed by atoms with Crippen LogP contribution in [0.4, 0.5) is 5.82 Å². The summed E-state index contributed by atoms with van der Waals surface area (Å²) in [5.74, 6) is 0.632. The molecule has 1 aliphatic rings. The average molecular weight is 299 g/mol. The van der Waals surface area contributed by atoms with Gasteiger partial charge in [-0.25, -0.2) is 23.4 Å². The highest BCUT2D eigenvalue weighted by Gasteiger charge is 2.36. The summed E-state index contributed by atoms with van der Waals surface area (Å²) in [7, 11) is -3.00. The number of anilines is 1. The van der Waals surface area contributed by atoms with E-state index in [2.05, 4.69) is 15.0 Å². The highest BCUT2D eigenvalue weighted by molar-refractivity contribution is 7.91. The molecule has 6 nitrogen and oxygen atoms in total. The Labute approximate surface area is 115 Å². The lowest BCUT2D eigenvalue weighted by Crippen LogP contribution is -2.55. The lowest BCUT2D eigenvalue weighted by molar-refractivity contribution is 0.544. The first kappa shape index (κ1) is 12.6. The molecule has 0 atom stereocenters. The number of hydrogen-bond donors (Lipinski definition) is 0. The molecule has 8 heteroatoms. The Morgan fingerprint density at radius 2 is 2.05 bits per heavy atom. The maximum absolute atomic E-state index is 11.4. The highest BCUT2D eigenvalue weighted by Crippen LogP contribution is 2.28. The SMILES string of the molecule is CS(=O)(=O)C1CN(c2ncnc3ccc(Cl)nc23)C1. The van der Waals surface area contributed by atoms with Crippen LogP contribution < -0.4 is 4.90 Å². The Hall–Kier alpha value is -1.47. The molecule has 0 unspecified atom stereocenters. The minimum absolute atomic E-state index is 0.336. The predicted molar refractivity (Wildman–Crippen MR) is 73.2 cm³/mol. The molecule has 1 fully saturated rings. The van der Waals surface area contributed by atoms with Crippen LogP contribution in [0.1, 0.15) is 0 Å². The highest BCUT2D eigenvalue weighted by atomic mass is 35.5. The van der Waals surface area contributed by atoms with Crippen LogP contribution in [-0.2, 0) is 9.84 Å². The van der Waals surface area contributed by atoms with Gasteiger partial charge in [-0.2, -0.15) is 0 Å². The standard InChI is InChI=1S/C11H11ClN4O2S/c1-19(17,18)7-4-16(5-7)11-10-8(13-6-14-11)2-3-9(12)15-10/h2-3,6-7H,4-5H2,1H3. The van der Waals surface area contributed by atoms with Crippen LogP contribution in [0.15, 0.2) is 18.5 Å². The van der Waals surface area contributed by atoms with E-state index < -0.39 is 9.84 Å². The van der Waals surface area contributed by atoms with Gasteiger partial charge in [0.05, 0.1) is 10.8 Å². The van der Waals surface area contributed by atoms with Crippen molar-refractivity contribution in [1.82, 2.24) is 15.0 Å². The van der Waals surface area contributed by atoms with E-state index in [4.69, 9.17) is 11.6 Å². The van der Waals surface area contributed by atoms with E-state index in [9.17, 15) is 8.42 Å². The molecular weight excluding hydrogens is 288 g/mol. The molecule has 1 aliphatic heterocycles. The summed E-state index contributed by atoms with van der Waals surface area (Å²) in [6.07, 6.45) is 2.70. The average Bonchev–Trinajstić information content (AvgIpc) is 2.25. The largest absolute Gasteiger partial charge is 0.352 e. The summed E-state index contributed by atoms with van der Waals surface area (Å²) in [6.45, 7) is 0.859. The van der Waals surface area contributed by atoms with Crippen molar-refractivity contribution >= 4 is 38.3 Å². The molecule has 0 spiro atoms. The summed E-state index contributed by atoms with van der Waals surface area (Å²) < 4.78 is 22.8. The molecule has 1 saturated heterocycles. The predicted octanol–water partition coefficient (Wildman–Crippen LogP) is 0.911. The normalized spacial score (nSPS) is 16.6. The fourth-order valence-electron chi connectivity index (χ4n) is 2.02. The zero-order valence-electron chi connectivity index (χ0n) is 10.1. The van der Waals surface area contributed by atoms with Crippen LogP contribution in [0, 0.1) is 0 Å². The molecule has 3 heterocycles. The zero-order valence-corrected chi connectivity index (χ0v) is 11.7. The number of sulfone groups is 1. The zero-order chi connectivity index (χ0) is 13.6. The fourth-order valence-corrected chi connectivity index (χ4v) is 3.07. The molecule has 0 saturated carbocycles. The van der Waals surface area contributed by atoms with E-state index in [1.165, 1.54) is 12.6 Å². The molecule has 0 amide bonds. The van der Waals surface area contributed by atoms with Gasteiger partial charge in [-0.3, -0.25) is 0 Å². The lowest BCUT2D eigenvalue weighted by atomic mass is 10.2. The van der Waals surface area contributed by atoms with Gasteiger partial charge in [-0.15, -0.1) is 0 Å². The van der Waals surface area contributed by atoms with Gasteiger partial charge in [-0.1, -0.05) is 11.6 Å². The summed E-state index contributed by atoms with van der Waals surface area (Å²) >= 11 is 5.88. The van der Waals surface area contributed by atoms with E-state index in [0.717, 1.165) is 0 Å². The first-order valence-electron chi connectivity index (χ1n) is 5.66. The minimum atomic E-state index is -3.00. The topological polar surface area (TPSA) is 76.1 Å². The Morgan fingerprint density at radius 1 is 1.32 bits per heavy atom. The molecule has 0 bridgehead atoms. The van der Waals surface area contributed by atoms with Crippen molar-refractivity contribution in [3.8, 4) is 0 Å². The van der Waals surface area contributed by atoms with Crippen LogP contribution in [0.2, 0.25) is 5.15 Å². The van der Waals surface area contributed by atoms with Gasteiger partial charge >= 0.3 is 0 Å². The van der Waals surface area contributed by atoms with Gasteiger partial charge in [0.15, 0.2) is 15.7 Å². The number of aromatic nitrogens is 3. The smallest absolute Gasteiger partial charge is 0.158 e. The molecule has 0 radical (unpaired) electrons. The molecule has 100 valence electrons. The minimum Gasteiger partial charge on any atom is -0.352 e. The molecule has 0 aliphatic carbocycles. The van der Waals surface area contributed by atoms with Gasteiger partial charge in [0.2, 0.25) is 0 Å². The third-order valence-electron chi connectivity index (χ3n) is 3.18. The molecule has 0 N–H and O–H groups in total. The Balaban J connectivity index is 1.97. The van der Waals surface area contributed by atoms with Gasteiger partial charge in [0, 0.05) is 19.3 Å². The third-order valence-corrected chi connectivity index (χ3v) is 4.90. The number of nitrogens with zero attached hydrogens (tertiary/aromatic N) is 4. The number of halogens is 1. The Morgan fingerprint density at radius 3 is 2.74 bits per heavy atom.